The van der Waals surface area contributed by atoms with E-state index < -0.39 is 15.9 Å². The molecule has 0 bridgehead atoms. The Bertz CT molecular complexity index is 506. The van der Waals surface area contributed by atoms with Crippen LogP contribution in [0.15, 0.2) is 24.3 Å². The van der Waals surface area contributed by atoms with Crippen LogP contribution in [-0.2, 0) is 9.84 Å². The predicted molar refractivity (Wildman–Crippen MR) is 85.6 cm³/mol. The summed E-state index contributed by atoms with van der Waals surface area (Å²) >= 11 is 0. The second kappa shape index (κ2) is 7.23. The monoisotopic (exact) mass is 297 g/mol. The molecule has 0 aromatic heterocycles. The third-order valence-corrected chi connectivity index (χ3v) is 5.64. The first kappa shape index (κ1) is 17.2. The standard InChI is InChI=1S/C16H27NO2S/c1-5-13(4)10-20(18,19)11-16(17)15-8-6-14(7-9-15)12(2)3/h6-9,12-13,16H,5,10-11,17H2,1-4H3. The van der Waals surface area contributed by atoms with Gasteiger partial charge in [-0.3, -0.25) is 0 Å². The van der Waals surface area contributed by atoms with Crippen LogP contribution in [0.2, 0.25) is 0 Å². The molecule has 1 aromatic rings. The first-order chi connectivity index (χ1) is 9.25. The molecule has 1 rings (SSSR count). The largest absolute Gasteiger partial charge is 0.323 e. The highest BCUT2D eigenvalue weighted by molar-refractivity contribution is 7.91. The van der Waals surface area contributed by atoms with Gasteiger partial charge in [-0.05, 0) is 23.0 Å². The molecule has 114 valence electrons. The Kier molecular flexibility index (Phi) is 6.21. The SMILES string of the molecule is CCC(C)CS(=O)(=O)CC(N)c1ccc(C(C)C)cc1. The van der Waals surface area contributed by atoms with Gasteiger partial charge in [-0.2, -0.15) is 0 Å². The van der Waals surface area contributed by atoms with Crippen LogP contribution < -0.4 is 5.73 Å². The third kappa shape index (κ3) is 5.25. The number of nitrogens with two attached hydrogens (primary N) is 1. The molecule has 2 atom stereocenters. The fraction of sp³-hybridized carbons (Fsp3) is 0.625. The first-order valence-electron chi connectivity index (χ1n) is 7.31. The molecule has 0 saturated heterocycles. The average molecular weight is 297 g/mol. The van der Waals surface area contributed by atoms with E-state index in [0.717, 1.165) is 12.0 Å². The maximum atomic E-state index is 12.1. The summed E-state index contributed by atoms with van der Waals surface area (Å²) in [6.45, 7) is 8.22. The number of benzene rings is 1. The maximum Gasteiger partial charge on any atom is 0.152 e. The summed E-state index contributed by atoms with van der Waals surface area (Å²) in [5.41, 5.74) is 8.18. The van der Waals surface area contributed by atoms with Gasteiger partial charge < -0.3 is 5.73 Å². The zero-order valence-corrected chi connectivity index (χ0v) is 13.8. The summed E-state index contributed by atoms with van der Waals surface area (Å²) in [6.07, 6.45) is 0.873. The highest BCUT2D eigenvalue weighted by Gasteiger charge is 2.20. The summed E-state index contributed by atoms with van der Waals surface area (Å²) in [5, 5.41) is 0. The highest BCUT2D eigenvalue weighted by Crippen LogP contribution is 2.19. The van der Waals surface area contributed by atoms with Crippen molar-refractivity contribution in [1.29, 1.82) is 0 Å². The van der Waals surface area contributed by atoms with E-state index in [1.165, 1.54) is 5.56 Å². The van der Waals surface area contributed by atoms with Gasteiger partial charge in [0.25, 0.3) is 0 Å². The van der Waals surface area contributed by atoms with E-state index >= 15 is 0 Å². The fourth-order valence-electron chi connectivity index (χ4n) is 2.12. The van der Waals surface area contributed by atoms with E-state index in [9.17, 15) is 8.42 Å². The minimum atomic E-state index is -3.09. The van der Waals surface area contributed by atoms with Crippen LogP contribution in [0.25, 0.3) is 0 Å². The minimum Gasteiger partial charge on any atom is -0.323 e. The van der Waals surface area contributed by atoms with Crippen LogP contribution in [0, 0.1) is 5.92 Å². The number of hydrogen-bond donors (Lipinski definition) is 1. The minimum absolute atomic E-state index is 0.0262. The van der Waals surface area contributed by atoms with Crippen LogP contribution in [0.4, 0.5) is 0 Å². The Morgan fingerprint density at radius 1 is 1.00 bits per heavy atom. The molecule has 1 aromatic carbocycles. The van der Waals surface area contributed by atoms with Crippen molar-refractivity contribution in [1.82, 2.24) is 0 Å². The summed E-state index contributed by atoms with van der Waals surface area (Å²) in [5.74, 6) is 0.907. The van der Waals surface area contributed by atoms with Crippen molar-refractivity contribution in [3.63, 3.8) is 0 Å². The molecule has 0 heterocycles. The lowest BCUT2D eigenvalue weighted by molar-refractivity contribution is 0.559. The van der Waals surface area contributed by atoms with Gasteiger partial charge in [0.1, 0.15) is 0 Å². The van der Waals surface area contributed by atoms with E-state index in [1.807, 2.05) is 38.1 Å². The van der Waals surface area contributed by atoms with Gasteiger partial charge in [0, 0.05) is 6.04 Å². The van der Waals surface area contributed by atoms with E-state index in [1.54, 1.807) is 0 Å². The molecule has 4 heteroatoms. The topological polar surface area (TPSA) is 60.2 Å². The molecule has 0 spiro atoms. The van der Waals surface area contributed by atoms with Crippen LogP contribution in [0.3, 0.4) is 0 Å². The molecule has 0 aliphatic rings. The van der Waals surface area contributed by atoms with Gasteiger partial charge >= 0.3 is 0 Å². The van der Waals surface area contributed by atoms with Crippen molar-refractivity contribution in [3.05, 3.63) is 35.4 Å². The van der Waals surface area contributed by atoms with E-state index in [-0.39, 0.29) is 17.4 Å². The van der Waals surface area contributed by atoms with Crippen molar-refractivity contribution in [2.75, 3.05) is 11.5 Å². The molecule has 0 aliphatic carbocycles. The molecule has 20 heavy (non-hydrogen) atoms. The van der Waals surface area contributed by atoms with Gasteiger partial charge in [0.05, 0.1) is 11.5 Å². The van der Waals surface area contributed by atoms with E-state index in [2.05, 4.69) is 13.8 Å². The lowest BCUT2D eigenvalue weighted by Gasteiger charge is -2.15. The summed E-state index contributed by atoms with van der Waals surface area (Å²) < 4.78 is 24.2. The Hall–Kier alpha value is -0.870. The molecular weight excluding hydrogens is 270 g/mol. The predicted octanol–water partition coefficient (Wildman–Crippen LogP) is 3.27. The Balaban J connectivity index is 2.73. The van der Waals surface area contributed by atoms with Crippen LogP contribution in [0.1, 0.15) is 57.2 Å². The molecule has 0 amide bonds. The van der Waals surface area contributed by atoms with E-state index in [4.69, 9.17) is 5.73 Å². The lowest BCUT2D eigenvalue weighted by atomic mass is 10.00. The van der Waals surface area contributed by atoms with Gasteiger partial charge in [-0.25, -0.2) is 8.42 Å². The maximum absolute atomic E-state index is 12.1. The van der Waals surface area contributed by atoms with Gasteiger partial charge in [-0.15, -0.1) is 0 Å². The molecule has 2 unspecified atom stereocenters. The molecule has 2 N–H and O–H groups in total. The molecule has 0 radical (unpaired) electrons. The van der Waals surface area contributed by atoms with Crippen molar-refractivity contribution in [3.8, 4) is 0 Å². The molecule has 0 fully saturated rings. The van der Waals surface area contributed by atoms with Crippen molar-refractivity contribution in [2.45, 2.75) is 46.1 Å². The second-order valence-corrected chi connectivity index (χ2v) is 8.17. The number of rotatable bonds is 7. The molecular formula is C16H27NO2S. The van der Waals surface area contributed by atoms with Crippen molar-refractivity contribution in [2.24, 2.45) is 11.7 Å². The summed E-state index contributed by atoms with van der Waals surface area (Å²) in [7, 11) is -3.09. The molecule has 0 aliphatic heterocycles. The summed E-state index contributed by atoms with van der Waals surface area (Å²) in [4.78, 5) is 0. The fourth-order valence-corrected chi connectivity index (χ4v) is 4.10. The normalized spacial score (nSPS) is 15.3. The van der Waals surface area contributed by atoms with Crippen molar-refractivity contribution < 1.29 is 8.42 Å². The zero-order valence-electron chi connectivity index (χ0n) is 13.0. The third-order valence-electron chi connectivity index (χ3n) is 3.70. The number of hydrogen-bond acceptors (Lipinski definition) is 3. The first-order valence-corrected chi connectivity index (χ1v) is 9.13. The lowest BCUT2D eigenvalue weighted by Crippen LogP contribution is -2.25. The Morgan fingerprint density at radius 3 is 1.95 bits per heavy atom. The van der Waals surface area contributed by atoms with E-state index in [0.29, 0.717) is 5.92 Å². The van der Waals surface area contributed by atoms with Crippen LogP contribution >= 0.6 is 0 Å². The molecule has 0 saturated carbocycles. The highest BCUT2D eigenvalue weighted by atomic mass is 32.2. The Labute approximate surface area is 123 Å². The average Bonchev–Trinajstić information content (AvgIpc) is 2.37. The zero-order chi connectivity index (χ0) is 15.3. The summed E-state index contributed by atoms with van der Waals surface area (Å²) in [6, 6.07) is 7.50. The number of sulfone groups is 1. The van der Waals surface area contributed by atoms with Gasteiger partial charge in [0.2, 0.25) is 0 Å². The Morgan fingerprint density at radius 2 is 1.50 bits per heavy atom. The second-order valence-electron chi connectivity index (χ2n) is 6.02. The smallest absolute Gasteiger partial charge is 0.152 e. The van der Waals surface area contributed by atoms with Gasteiger partial charge in [-0.1, -0.05) is 58.4 Å². The van der Waals surface area contributed by atoms with Gasteiger partial charge in [0.15, 0.2) is 9.84 Å². The van der Waals surface area contributed by atoms with Crippen LogP contribution in [0.5, 0.6) is 0 Å². The quantitative estimate of drug-likeness (QED) is 0.840. The van der Waals surface area contributed by atoms with Crippen LogP contribution in [-0.4, -0.2) is 19.9 Å². The van der Waals surface area contributed by atoms with Crippen molar-refractivity contribution >= 4 is 9.84 Å². The molecule has 3 nitrogen and oxygen atoms in total.